The first-order valence-corrected chi connectivity index (χ1v) is 13.8. The van der Waals surface area contributed by atoms with Crippen LogP contribution in [0, 0.1) is 11.8 Å². The molecule has 5 atom stereocenters. The fraction of sp³-hybridized carbons (Fsp3) is 0.375. The second-order valence-corrected chi connectivity index (χ2v) is 10.9. The third kappa shape index (κ3) is 5.59. The van der Waals surface area contributed by atoms with E-state index in [1.165, 1.54) is 20.3 Å². The van der Waals surface area contributed by atoms with Crippen molar-refractivity contribution in [2.45, 2.75) is 58.8 Å². The van der Waals surface area contributed by atoms with E-state index in [-0.39, 0.29) is 16.2 Å². The fourth-order valence-electron chi connectivity index (χ4n) is 4.82. The van der Waals surface area contributed by atoms with Crippen LogP contribution in [0.3, 0.4) is 0 Å². The Balaban J connectivity index is 1.65. The number of allylic oxidation sites excluding steroid dienone is 4. The Bertz CT molecular complexity index is 1430. The minimum Gasteiger partial charge on any atom is -0.464 e. The van der Waals surface area contributed by atoms with E-state index >= 15 is 0 Å². The number of halogens is 1. The molecule has 2 aliphatic heterocycles. The van der Waals surface area contributed by atoms with Gasteiger partial charge in [0.1, 0.15) is 17.4 Å². The molecule has 1 aliphatic carbocycles. The highest BCUT2D eigenvalue weighted by atomic mass is 35.5. The summed E-state index contributed by atoms with van der Waals surface area (Å²) in [6.45, 7) is 8.62. The van der Waals surface area contributed by atoms with Crippen molar-refractivity contribution in [3.63, 3.8) is 0 Å². The molecule has 41 heavy (non-hydrogen) atoms. The molecule has 4 rings (SSSR count). The van der Waals surface area contributed by atoms with Gasteiger partial charge in [-0.15, -0.1) is 0 Å². The quantitative estimate of drug-likeness (QED) is 0.260. The number of carbonyl (C=O) groups excluding carboxylic acids is 4. The van der Waals surface area contributed by atoms with Gasteiger partial charge in [-0.05, 0) is 37.5 Å². The number of methoxy groups -OCH3 is 1. The van der Waals surface area contributed by atoms with Crippen molar-refractivity contribution < 1.29 is 38.1 Å². The topological polar surface area (TPSA) is 105 Å². The summed E-state index contributed by atoms with van der Waals surface area (Å²) in [6.07, 6.45) is 5.75. The van der Waals surface area contributed by atoms with Gasteiger partial charge in [-0.2, -0.15) is 0 Å². The molecule has 216 valence electrons. The summed E-state index contributed by atoms with van der Waals surface area (Å²) in [6, 6.07) is 8.81. The largest absolute Gasteiger partial charge is 0.464 e. The van der Waals surface area contributed by atoms with Gasteiger partial charge in [0.05, 0.1) is 17.2 Å². The predicted octanol–water partition coefficient (Wildman–Crippen LogP) is 5.60. The van der Waals surface area contributed by atoms with E-state index in [2.05, 4.69) is 13.8 Å². The van der Waals surface area contributed by atoms with Crippen LogP contribution in [0.1, 0.15) is 52.7 Å². The Morgan fingerprint density at radius 3 is 2.44 bits per heavy atom. The molecule has 0 bridgehead atoms. The van der Waals surface area contributed by atoms with Crippen LogP contribution < -0.4 is 0 Å². The Morgan fingerprint density at radius 1 is 1.12 bits per heavy atom. The van der Waals surface area contributed by atoms with Gasteiger partial charge in [0.15, 0.2) is 17.5 Å². The number of fused-ring (bicyclic) bond motifs is 3. The molecule has 0 aromatic heterocycles. The number of esters is 2. The summed E-state index contributed by atoms with van der Waals surface area (Å²) in [5, 5.41) is -0.122. The van der Waals surface area contributed by atoms with E-state index in [1.807, 2.05) is 12.1 Å². The van der Waals surface area contributed by atoms with E-state index in [9.17, 15) is 19.2 Å². The number of carbonyl (C=O) groups is 4. The highest BCUT2D eigenvalue weighted by molar-refractivity contribution is 6.46. The first kappa shape index (κ1) is 30.2. The number of ether oxygens (including phenoxy) is 4. The van der Waals surface area contributed by atoms with Crippen molar-refractivity contribution in [3.05, 3.63) is 93.5 Å². The van der Waals surface area contributed by atoms with Crippen LogP contribution in [0.15, 0.2) is 87.9 Å². The summed E-state index contributed by atoms with van der Waals surface area (Å²) in [7, 11) is 1.39. The zero-order chi connectivity index (χ0) is 30.1. The summed E-state index contributed by atoms with van der Waals surface area (Å²) in [5.41, 5.74) is -0.773. The standard InChI is InChI=1S/C32H33ClO8/c1-7-17(2)13-14-21-15-22-23(16-39-21)25-24(30(36)41-32(25,5)29(35)26(22)33)27(34)18(3)19(4)40-31(37)28(38-6)20-11-9-8-10-12-20/h8-19,28H,7H2,1-6H3. The molecule has 2 heterocycles. The number of ketones is 2. The fourth-order valence-corrected chi connectivity index (χ4v) is 5.16. The molecule has 8 nitrogen and oxygen atoms in total. The van der Waals surface area contributed by atoms with Crippen molar-refractivity contribution in [1.29, 1.82) is 0 Å². The van der Waals surface area contributed by atoms with E-state index in [1.54, 1.807) is 50.3 Å². The molecule has 0 saturated carbocycles. The lowest BCUT2D eigenvalue weighted by molar-refractivity contribution is -0.163. The third-order valence-electron chi connectivity index (χ3n) is 7.71. The average Bonchev–Trinajstić information content (AvgIpc) is 3.25. The number of benzene rings is 1. The van der Waals surface area contributed by atoms with Gasteiger partial charge in [-0.25, -0.2) is 9.59 Å². The molecule has 1 aromatic carbocycles. The van der Waals surface area contributed by atoms with Crippen LogP contribution in [0.5, 0.6) is 0 Å². The maximum atomic E-state index is 13.8. The lowest BCUT2D eigenvalue weighted by Gasteiger charge is -2.33. The zero-order valence-corrected chi connectivity index (χ0v) is 24.6. The third-order valence-corrected chi connectivity index (χ3v) is 8.08. The van der Waals surface area contributed by atoms with Crippen molar-refractivity contribution in [1.82, 2.24) is 0 Å². The molecule has 0 amide bonds. The van der Waals surface area contributed by atoms with Gasteiger partial charge in [0.2, 0.25) is 5.78 Å². The second-order valence-electron chi connectivity index (χ2n) is 10.5. The van der Waals surface area contributed by atoms with Crippen molar-refractivity contribution in [2.75, 3.05) is 7.11 Å². The average molecular weight is 581 g/mol. The molecule has 3 aliphatic rings. The molecule has 0 saturated heterocycles. The summed E-state index contributed by atoms with van der Waals surface area (Å²) < 4.78 is 22.2. The van der Waals surface area contributed by atoms with Crippen LogP contribution in [0.2, 0.25) is 0 Å². The van der Waals surface area contributed by atoms with E-state index in [0.29, 0.717) is 28.4 Å². The molecule has 0 N–H and O–H groups in total. The van der Waals surface area contributed by atoms with Crippen LogP contribution in [-0.4, -0.2) is 42.3 Å². The van der Waals surface area contributed by atoms with Gasteiger partial charge in [-0.3, -0.25) is 9.59 Å². The van der Waals surface area contributed by atoms with Crippen LogP contribution >= 0.6 is 11.6 Å². The van der Waals surface area contributed by atoms with Crippen molar-refractivity contribution >= 4 is 35.1 Å². The highest BCUT2D eigenvalue weighted by Crippen LogP contribution is 2.50. The monoisotopic (exact) mass is 580 g/mol. The minimum atomic E-state index is -1.80. The first-order chi connectivity index (χ1) is 19.4. The smallest absolute Gasteiger partial charge is 0.343 e. The summed E-state index contributed by atoms with van der Waals surface area (Å²) in [4.78, 5) is 53.2. The number of hydrogen-bond donors (Lipinski definition) is 0. The van der Waals surface area contributed by atoms with Gasteiger partial charge in [0, 0.05) is 23.8 Å². The highest BCUT2D eigenvalue weighted by Gasteiger charge is 2.57. The Kier molecular flexibility index (Phi) is 8.85. The molecular weight excluding hydrogens is 548 g/mol. The molecule has 0 radical (unpaired) electrons. The van der Waals surface area contributed by atoms with E-state index < -0.39 is 47.2 Å². The normalized spacial score (nSPS) is 23.1. The van der Waals surface area contributed by atoms with Crippen LogP contribution in [0.25, 0.3) is 0 Å². The molecule has 1 aromatic rings. The Hall–Kier alpha value is -3.75. The number of hydrogen-bond acceptors (Lipinski definition) is 8. The predicted molar refractivity (Wildman–Crippen MR) is 151 cm³/mol. The second kappa shape index (κ2) is 12.0. The number of Topliss-reactive ketones (excluding diaryl/α,β-unsaturated/α-hetero) is 2. The van der Waals surface area contributed by atoms with Gasteiger partial charge >= 0.3 is 11.9 Å². The molecule has 0 fully saturated rings. The van der Waals surface area contributed by atoms with E-state index in [4.69, 9.17) is 30.5 Å². The van der Waals surface area contributed by atoms with Crippen LogP contribution in [0.4, 0.5) is 0 Å². The molecule has 5 unspecified atom stereocenters. The lowest BCUT2D eigenvalue weighted by atomic mass is 9.74. The molecule has 9 heteroatoms. The number of rotatable bonds is 10. The van der Waals surface area contributed by atoms with Crippen LogP contribution in [-0.2, 0) is 38.1 Å². The lowest BCUT2D eigenvalue weighted by Crippen LogP contribution is -2.42. The molecule has 0 spiro atoms. The van der Waals surface area contributed by atoms with Crippen molar-refractivity contribution in [3.8, 4) is 0 Å². The minimum absolute atomic E-state index is 0.0857. The van der Waals surface area contributed by atoms with Gasteiger partial charge in [0.25, 0.3) is 0 Å². The maximum absolute atomic E-state index is 13.8. The van der Waals surface area contributed by atoms with E-state index in [0.717, 1.165) is 6.42 Å². The van der Waals surface area contributed by atoms with Gasteiger partial charge in [-0.1, -0.05) is 75.2 Å². The zero-order valence-electron chi connectivity index (χ0n) is 23.9. The Morgan fingerprint density at radius 2 is 1.80 bits per heavy atom. The SMILES string of the molecule is CCC(C)C=CC1=CC2=C(Cl)C(=O)C3(C)OC(=O)C(C(=O)C(C)C(C)OC(=O)C(OC)c4ccccc4)=C3C2=CO1. The summed E-state index contributed by atoms with van der Waals surface area (Å²) in [5.74, 6) is -3.11. The Labute approximate surface area is 244 Å². The van der Waals surface area contributed by atoms with Gasteiger partial charge < -0.3 is 18.9 Å². The molecular formula is C32H33ClO8. The maximum Gasteiger partial charge on any atom is 0.343 e. The van der Waals surface area contributed by atoms with Crippen molar-refractivity contribution in [2.24, 2.45) is 11.8 Å². The first-order valence-electron chi connectivity index (χ1n) is 13.5. The summed E-state index contributed by atoms with van der Waals surface area (Å²) >= 11 is 6.49.